The van der Waals surface area contributed by atoms with Gasteiger partial charge in [-0.2, -0.15) is 0 Å². The summed E-state index contributed by atoms with van der Waals surface area (Å²) in [6.07, 6.45) is 8.24. The van der Waals surface area contributed by atoms with Gasteiger partial charge in [0.25, 0.3) is 5.91 Å². The van der Waals surface area contributed by atoms with Gasteiger partial charge in [-0.1, -0.05) is 41.1 Å². The molecule has 186 valence electrons. The van der Waals surface area contributed by atoms with Crippen molar-refractivity contribution in [1.29, 1.82) is 0 Å². The Kier molecular flexibility index (Phi) is 6.40. The van der Waals surface area contributed by atoms with Gasteiger partial charge < -0.3 is 9.88 Å². The summed E-state index contributed by atoms with van der Waals surface area (Å²) < 4.78 is 17.6. The number of carbonyl (C=O) groups is 1. The number of halogens is 2. The molecule has 37 heavy (non-hydrogen) atoms. The number of pyridine rings is 2. The molecule has 6 rings (SSSR count). The van der Waals surface area contributed by atoms with E-state index in [0.717, 1.165) is 47.5 Å². The summed E-state index contributed by atoms with van der Waals surface area (Å²) in [5.74, 6) is -0.0102. The zero-order valence-electron chi connectivity index (χ0n) is 19.6. The van der Waals surface area contributed by atoms with Crippen LogP contribution in [0.1, 0.15) is 41.5 Å². The number of hydrogen-bond donors (Lipinski definition) is 1. The maximum Gasteiger partial charge on any atom is 0.280 e. The summed E-state index contributed by atoms with van der Waals surface area (Å²) in [5, 5.41) is 3.46. The summed E-state index contributed by atoms with van der Waals surface area (Å²) in [4.78, 5) is 30.7. The highest BCUT2D eigenvalue weighted by molar-refractivity contribution is 7.17. The molecule has 1 N–H and O–H groups in total. The number of fused-ring (bicyclic) bond motifs is 1. The van der Waals surface area contributed by atoms with Crippen molar-refractivity contribution < 1.29 is 9.18 Å². The Bertz CT molecular complexity index is 1590. The molecule has 0 bridgehead atoms. The van der Waals surface area contributed by atoms with Gasteiger partial charge in [-0.3, -0.25) is 14.8 Å². The van der Waals surface area contributed by atoms with Gasteiger partial charge in [-0.15, -0.1) is 0 Å². The molecule has 1 aromatic carbocycles. The number of amides is 1. The van der Waals surface area contributed by atoms with E-state index >= 15 is 0 Å². The van der Waals surface area contributed by atoms with E-state index in [1.54, 1.807) is 24.5 Å². The molecule has 0 saturated heterocycles. The molecule has 4 aromatic heterocycles. The highest BCUT2D eigenvalue weighted by atomic mass is 35.5. The third-order valence-electron chi connectivity index (χ3n) is 6.64. The molecule has 7 nitrogen and oxygen atoms in total. The van der Waals surface area contributed by atoms with Crippen LogP contribution in [0.5, 0.6) is 0 Å². The number of nitrogens with zero attached hydrogens (tertiary/aromatic N) is 5. The summed E-state index contributed by atoms with van der Waals surface area (Å²) in [5.41, 5.74) is 3.44. The van der Waals surface area contributed by atoms with E-state index in [9.17, 15) is 9.18 Å². The fourth-order valence-corrected chi connectivity index (χ4v) is 5.81. The number of carbonyl (C=O) groups excluding carboxylic acids is 1. The number of imidazole rings is 1. The Morgan fingerprint density at radius 3 is 2.70 bits per heavy atom. The first-order chi connectivity index (χ1) is 18.1. The van der Waals surface area contributed by atoms with Crippen molar-refractivity contribution in [3.05, 3.63) is 82.3 Å². The van der Waals surface area contributed by atoms with Crippen LogP contribution in [0, 0.1) is 5.82 Å². The molecular weight excluding hydrogens is 511 g/mol. The Morgan fingerprint density at radius 1 is 1.05 bits per heavy atom. The largest absolute Gasteiger partial charge is 0.347 e. The molecular formula is C27H22ClFN6OS. The zero-order chi connectivity index (χ0) is 25.4. The Balaban J connectivity index is 1.41. The lowest BCUT2D eigenvalue weighted by atomic mass is 9.90. The molecule has 2 unspecified atom stereocenters. The average Bonchev–Trinajstić information content (AvgIpc) is 3.53. The van der Waals surface area contributed by atoms with Crippen LogP contribution in [0.25, 0.3) is 33.8 Å². The number of benzene rings is 1. The minimum Gasteiger partial charge on any atom is -0.347 e. The number of hydrogen-bond acceptors (Lipinski definition) is 6. The molecule has 1 amide bonds. The van der Waals surface area contributed by atoms with Crippen LogP contribution in [0.2, 0.25) is 4.34 Å². The van der Waals surface area contributed by atoms with Crippen LogP contribution < -0.4 is 5.32 Å². The van der Waals surface area contributed by atoms with Crippen LogP contribution in [0.15, 0.2) is 67.1 Å². The van der Waals surface area contributed by atoms with Crippen LogP contribution in [-0.2, 0) is 0 Å². The van der Waals surface area contributed by atoms with Crippen molar-refractivity contribution in [2.75, 3.05) is 0 Å². The van der Waals surface area contributed by atoms with Gasteiger partial charge in [0.05, 0.1) is 34.9 Å². The van der Waals surface area contributed by atoms with Gasteiger partial charge in [-0.05, 0) is 56.0 Å². The second-order valence-corrected chi connectivity index (χ2v) is 10.7. The lowest BCUT2D eigenvalue weighted by molar-refractivity contribution is 0.0920. The SMILES string of the molecule is O=C(NC1CCCC(n2c(-c3ccccc3F)nc3cnc(-c4ccccn4)cc32)C1)c1ncc(Cl)s1. The second-order valence-electron chi connectivity index (χ2n) is 9.02. The standard InChI is InChI=1S/C27H22ClFN6OS/c28-24-15-32-27(37-24)26(36)33-16-6-5-7-17(12-16)35-23-13-21(20-10-3-4-11-30-20)31-14-22(23)34-25(35)18-8-1-2-9-19(18)29/h1-4,8-11,13-17H,5-7,12H2,(H,33,36). The van der Waals surface area contributed by atoms with E-state index in [4.69, 9.17) is 16.6 Å². The smallest absolute Gasteiger partial charge is 0.280 e. The van der Waals surface area contributed by atoms with Crippen molar-refractivity contribution in [2.24, 2.45) is 0 Å². The molecule has 1 aliphatic carbocycles. The van der Waals surface area contributed by atoms with Crippen LogP contribution in [0.4, 0.5) is 4.39 Å². The number of nitrogens with one attached hydrogen (secondary N) is 1. The van der Waals surface area contributed by atoms with Crippen molar-refractivity contribution >= 4 is 39.9 Å². The first-order valence-corrected chi connectivity index (χ1v) is 13.2. The number of thiazole rings is 1. The first kappa shape index (κ1) is 23.7. The molecule has 0 spiro atoms. The Morgan fingerprint density at radius 2 is 1.92 bits per heavy atom. The fraction of sp³-hybridized carbons (Fsp3) is 0.222. The summed E-state index contributed by atoms with van der Waals surface area (Å²) in [6.45, 7) is 0. The fourth-order valence-electron chi connectivity index (χ4n) is 4.99. The molecule has 1 aliphatic rings. The minimum absolute atomic E-state index is 0.00229. The Labute approximate surface area is 221 Å². The predicted octanol–water partition coefficient (Wildman–Crippen LogP) is 6.32. The highest BCUT2D eigenvalue weighted by Gasteiger charge is 2.29. The quantitative estimate of drug-likeness (QED) is 0.286. The van der Waals surface area contributed by atoms with Gasteiger partial charge in [0.15, 0.2) is 5.01 Å². The highest BCUT2D eigenvalue weighted by Crippen LogP contribution is 2.37. The van der Waals surface area contributed by atoms with Crippen molar-refractivity contribution in [3.8, 4) is 22.8 Å². The van der Waals surface area contributed by atoms with Crippen molar-refractivity contribution in [3.63, 3.8) is 0 Å². The van der Waals surface area contributed by atoms with Crippen LogP contribution in [0.3, 0.4) is 0 Å². The van der Waals surface area contributed by atoms with Gasteiger partial charge in [0.2, 0.25) is 0 Å². The molecule has 1 saturated carbocycles. The first-order valence-electron chi connectivity index (χ1n) is 12.0. The van der Waals surface area contributed by atoms with E-state index in [2.05, 4.69) is 24.8 Å². The topological polar surface area (TPSA) is 85.6 Å². The molecule has 10 heteroatoms. The molecule has 5 aromatic rings. The normalized spacial score (nSPS) is 17.7. The van der Waals surface area contributed by atoms with Gasteiger partial charge in [0, 0.05) is 18.3 Å². The van der Waals surface area contributed by atoms with E-state index < -0.39 is 0 Å². The van der Waals surface area contributed by atoms with Crippen molar-refractivity contribution in [1.82, 2.24) is 29.8 Å². The van der Waals surface area contributed by atoms with E-state index in [-0.39, 0.29) is 23.8 Å². The monoisotopic (exact) mass is 532 g/mol. The summed E-state index contributed by atoms with van der Waals surface area (Å²) in [7, 11) is 0. The molecule has 0 radical (unpaired) electrons. The Hall–Kier alpha value is -3.69. The third kappa shape index (κ3) is 4.72. The average molecular weight is 533 g/mol. The third-order valence-corrected chi connectivity index (χ3v) is 7.75. The molecule has 1 fully saturated rings. The number of rotatable bonds is 5. The maximum atomic E-state index is 15.0. The summed E-state index contributed by atoms with van der Waals surface area (Å²) in [6, 6.07) is 14.3. The lowest BCUT2D eigenvalue weighted by Crippen LogP contribution is -2.39. The summed E-state index contributed by atoms with van der Waals surface area (Å²) >= 11 is 7.12. The van der Waals surface area contributed by atoms with Gasteiger partial charge >= 0.3 is 0 Å². The molecule has 0 aliphatic heterocycles. The lowest BCUT2D eigenvalue weighted by Gasteiger charge is -2.32. The second kappa shape index (κ2) is 9.99. The number of aromatic nitrogens is 5. The van der Waals surface area contributed by atoms with E-state index in [1.807, 2.05) is 30.3 Å². The maximum absolute atomic E-state index is 15.0. The minimum atomic E-state index is -0.335. The van der Waals surface area contributed by atoms with Crippen LogP contribution >= 0.6 is 22.9 Å². The van der Waals surface area contributed by atoms with Crippen molar-refractivity contribution in [2.45, 2.75) is 37.8 Å². The molecule has 4 heterocycles. The predicted molar refractivity (Wildman–Crippen MR) is 142 cm³/mol. The zero-order valence-corrected chi connectivity index (χ0v) is 21.2. The van der Waals surface area contributed by atoms with Gasteiger partial charge in [0.1, 0.15) is 21.5 Å². The molecule has 2 atom stereocenters. The van der Waals surface area contributed by atoms with E-state index in [1.165, 1.54) is 12.3 Å². The van der Waals surface area contributed by atoms with Crippen LogP contribution in [-0.4, -0.2) is 36.5 Å². The van der Waals surface area contributed by atoms with E-state index in [0.29, 0.717) is 32.7 Å². The van der Waals surface area contributed by atoms with Gasteiger partial charge in [-0.25, -0.2) is 14.4 Å².